The van der Waals surface area contributed by atoms with Gasteiger partial charge in [-0.05, 0) is 61.8 Å². The van der Waals surface area contributed by atoms with Crippen LogP contribution < -0.4 is 5.43 Å². The highest BCUT2D eigenvalue weighted by atomic mass is 32.3. The topological polar surface area (TPSA) is 72.9 Å². The van der Waals surface area contributed by atoms with Gasteiger partial charge < -0.3 is 4.57 Å². The van der Waals surface area contributed by atoms with Crippen LogP contribution in [0.5, 0.6) is 0 Å². The molecule has 0 saturated carbocycles. The lowest BCUT2D eigenvalue weighted by Gasteiger charge is -2.21. The summed E-state index contributed by atoms with van der Waals surface area (Å²) in [7, 11) is -1.36. The molecule has 1 aliphatic rings. The van der Waals surface area contributed by atoms with Gasteiger partial charge in [-0.3, -0.25) is 10.4 Å². The number of nitrogens with zero attached hydrogens (tertiary/aromatic N) is 6. The van der Waals surface area contributed by atoms with E-state index in [4.69, 9.17) is 4.99 Å². The molecule has 8 heteroatoms. The normalized spacial score (nSPS) is 17.4. The third-order valence-corrected chi connectivity index (χ3v) is 7.54. The first-order valence-corrected chi connectivity index (χ1v) is 11.9. The Labute approximate surface area is 170 Å². The van der Waals surface area contributed by atoms with Crippen LogP contribution in [-0.4, -0.2) is 42.1 Å². The van der Waals surface area contributed by atoms with Gasteiger partial charge in [0.2, 0.25) is 0 Å². The van der Waals surface area contributed by atoms with Gasteiger partial charge in [0.25, 0.3) is 0 Å². The zero-order valence-corrected chi connectivity index (χ0v) is 17.7. The molecule has 5 rings (SSSR count). The summed E-state index contributed by atoms with van der Waals surface area (Å²) in [6.07, 6.45) is 8.35. The number of pyridine rings is 1. The third-order valence-electron chi connectivity index (χ3n) is 5.21. The van der Waals surface area contributed by atoms with Gasteiger partial charge in [-0.1, -0.05) is 12.1 Å². The second kappa shape index (κ2) is 6.45. The summed E-state index contributed by atoms with van der Waals surface area (Å²) in [6, 6.07) is 12.3. The zero-order chi connectivity index (χ0) is 20.2. The highest BCUT2D eigenvalue weighted by Gasteiger charge is 2.36. The Hall–Kier alpha value is -3.13. The van der Waals surface area contributed by atoms with Crippen LogP contribution in [0.1, 0.15) is 17.0 Å². The number of hydrogen-bond acceptors (Lipinski definition) is 4. The van der Waals surface area contributed by atoms with Crippen LogP contribution >= 0.6 is 10.0 Å². The molecular weight excluding hydrogens is 382 g/mol. The smallest absolute Gasteiger partial charge is 0.199 e. The predicted molar refractivity (Wildman–Crippen MR) is 119 cm³/mol. The maximum atomic E-state index is 4.90. The van der Waals surface area contributed by atoms with Gasteiger partial charge in [0.15, 0.2) is 16.1 Å². The summed E-state index contributed by atoms with van der Waals surface area (Å²) < 4.78 is 4.18. The van der Waals surface area contributed by atoms with Gasteiger partial charge in [-0.25, -0.2) is 9.67 Å². The second-order valence-electron chi connectivity index (χ2n) is 7.74. The number of nitrogens with one attached hydrogen (secondary N) is 1. The van der Waals surface area contributed by atoms with Crippen LogP contribution in [0.4, 0.5) is 5.69 Å². The molecule has 0 bridgehead atoms. The van der Waals surface area contributed by atoms with E-state index in [1.807, 2.05) is 29.1 Å². The molecule has 3 aromatic heterocycles. The van der Waals surface area contributed by atoms with Gasteiger partial charge in [0, 0.05) is 12.4 Å². The number of rotatable bonds is 3. The molecular formula is C21H23N7S. The molecule has 4 heterocycles. The fourth-order valence-corrected chi connectivity index (χ4v) is 5.35. The standard InChI is InChI=1S/C21H23N7S/c1-14-7-5-8-16(11-14)23-20-26-28-18(24-25-21(28)29(20,3)4)13-27-12-15(2)19-17(27)9-6-10-22-19/h5-12H,13H2,1-4H3,(H,23,26). The number of aryl methyl sites for hydroxylation is 2. The number of hydrogen-bond donors (Lipinski definition) is 1. The molecule has 0 radical (unpaired) electrons. The highest BCUT2D eigenvalue weighted by molar-refractivity contribution is 8.44. The minimum atomic E-state index is -1.36. The Morgan fingerprint density at radius 2 is 1.97 bits per heavy atom. The van der Waals surface area contributed by atoms with Crippen LogP contribution in [0.2, 0.25) is 0 Å². The molecule has 29 heavy (non-hydrogen) atoms. The molecule has 1 aliphatic heterocycles. The molecule has 0 unspecified atom stereocenters. The van der Waals surface area contributed by atoms with Crippen LogP contribution in [0, 0.1) is 13.8 Å². The number of amidine groups is 1. The van der Waals surface area contributed by atoms with E-state index in [-0.39, 0.29) is 0 Å². The van der Waals surface area contributed by atoms with Crippen molar-refractivity contribution in [3.05, 3.63) is 65.7 Å². The van der Waals surface area contributed by atoms with Crippen molar-refractivity contribution in [3.8, 4) is 0 Å². The minimum absolute atomic E-state index is 0.614. The molecule has 148 valence electrons. The van der Waals surface area contributed by atoms with Gasteiger partial charge in [0.1, 0.15) is 0 Å². The summed E-state index contributed by atoms with van der Waals surface area (Å²) >= 11 is 0. The summed E-state index contributed by atoms with van der Waals surface area (Å²) in [4.78, 5) is 9.40. The first-order valence-electron chi connectivity index (χ1n) is 9.44. The monoisotopic (exact) mass is 405 g/mol. The molecule has 1 N–H and O–H groups in total. The van der Waals surface area contributed by atoms with E-state index in [2.05, 4.69) is 75.9 Å². The maximum Gasteiger partial charge on any atom is 0.199 e. The molecule has 1 aromatic carbocycles. The van der Waals surface area contributed by atoms with Crippen LogP contribution in [0.3, 0.4) is 0 Å². The lowest BCUT2D eigenvalue weighted by molar-refractivity contribution is 0.716. The third kappa shape index (κ3) is 2.91. The lowest BCUT2D eigenvalue weighted by atomic mass is 10.2. The van der Waals surface area contributed by atoms with Crippen molar-refractivity contribution < 1.29 is 0 Å². The summed E-state index contributed by atoms with van der Waals surface area (Å²) in [6.45, 7) is 4.77. The Bertz CT molecular complexity index is 1270. The Morgan fingerprint density at radius 3 is 2.79 bits per heavy atom. The molecule has 7 nitrogen and oxygen atoms in total. The van der Waals surface area contributed by atoms with Gasteiger partial charge in [0.05, 0.1) is 23.3 Å². The fraction of sp³-hybridized carbons (Fsp3) is 0.238. The van der Waals surface area contributed by atoms with Crippen LogP contribution in [0.25, 0.3) is 11.0 Å². The Morgan fingerprint density at radius 1 is 1.10 bits per heavy atom. The molecule has 0 fully saturated rings. The predicted octanol–water partition coefficient (Wildman–Crippen LogP) is 3.96. The number of benzene rings is 1. The number of aromatic nitrogens is 5. The summed E-state index contributed by atoms with van der Waals surface area (Å²) in [5.74, 6) is 0.857. The number of fused-ring (bicyclic) bond motifs is 2. The van der Waals surface area contributed by atoms with Crippen LogP contribution in [0.15, 0.2) is 58.9 Å². The van der Waals surface area contributed by atoms with Gasteiger partial charge in [-0.15, -0.1) is 20.2 Å². The maximum absolute atomic E-state index is 4.90. The van der Waals surface area contributed by atoms with Gasteiger partial charge >= 0.3 is 0 Å². The fourth-order valence-electron chi connectivity index (χ4n) is 3.68. The Kier molecular flexibility index (Phi) is 3.99. The van der Waals surface area contributed by atoms with Crippen molar-refractivity contribution in [2.45, 2.75) is 25.5 Å². The van der Waals surface area contributed by atoms with Crippen molar-refractivity contribution in [2.24, 2.45) is 4.99 Å². The zero-order valence-electron chi connectivity index (χ0n) is 16.9. The molecule has 0 amide bonds. The quantitative estimate of drug-likeness (QED) is 0.560. The summed E-state index contributed by atoms with van der Waals surface area (Å²) in [5, 5.41) is 10.9. The highest BCUT2D eigenvalue weighted by Crippen LogP contribution is 2.53. The van der Waals surface area contributed by atoms with E-state index < -0.39 is 10.0 Å². The van der Waals surface area contributed by atoms with Crippen molar-refractivity contribution in [3.63, 3.8) is 0 Å². The van der Waals surface area contributed by atoms with E-state index in [0.29, 0.717) is 6.54 Å². The minimum Gasteiger partial charge on any atom is -0.338 e. The van der Waals surface area contributed by atoms with E-state index in [1.54, 1.807) is 0 Å². The van der Waals surface area contributed by atoms with Crippen LogP contribution in [-0.2, 0) is 6.54 Å². The average molecular weight is 406 g/mol. The average Bonchev–Trinajstić information content (AvgIpc) is 3.31. The van der Waals surface area contributed by atoms with E-state index in [0.717, 1.165) is 38.4 Å². The van der Waals surface area contributed by atoms with E-state index in [9.17, 15) is 0 Å². The molecule has 0 atom stereocenters. The largest absolute Gasteiger partial charge is 0.338 e. The van der Waals surface area contributed by atoms with E-state index in [1.165, 1.54) is 5.56 Å². The molecule has 4 aromatic rings. The second-order valence-corrected chi connectivity index (χ2v) is 11.1. The first kappa shape index (κ1) is 17.9. The molecule has 0 saturated heterocycles. The van der Waals surface area contributed by atoms with Crippen molar-refractivity contribution in [1.82, 2.24) is 24.4 Å². The van der Waals surface area contributed by atoms with Crippen molar-refractivity contribution in [2.75, 3.05) is 17.9 Å². The first-order chi connectivity index (χ1) is 13.9. The summed E-state index contributed by atoms with van der Waals surface area (Å²) in [5.41, 5.74) is 8.89. The SMILES string of the molecule is Cc1cccc(N=C2Nn3c(Cn4cc(C)c5ncccc54)nnc3S2(C)C)c1. The number of aliphatic imine (C=N–C) groups is 1. The van der Waals surface area contributed by atoms with E-state index >= 15 is 0 Å². The molecule has 0 aliphatic carbocycles. The molecule has 0 spiro atoms. The lowest BCUT2D eigenvalue weighted by Crippen LogP contribution is -2.20. The van der Waals surface area contributed by atoms with Crippen molar-refractivity contribution in [1.29, 1.82) is 0 Å². The van der Waals surface area contributed by atoms with Crippen molar-refractivity contribution >= 4 is 31.9 Å². The Balaban J connectivity index is 1.52. The van der Waals surface area contributed by atoms with Gasteiger partial charge in [-0.2, -0.15) is 0 Å².